The Hall–Kier alpha value is -0.760. The molecule has 0 radical (unpaired) electrons. The number of alkyl halides is 1. The molecule has 100 valence electrons. The second-order valence-corrected chi connectivity index (χ2v) is 6.28. The number of pyridine rings is 1. The van der Waals surface area contributed by atoms with Crippen molar-refractivity contribution < 1.29 is 4.74 Å². The van der Waals surface area contributed by atoms with Gasteiger partial charge in [0.2, 0.25) is 5.88 Å². The SMILES string of the molecule is Cc1nc(OC2CCC(C)(C)CC2)ccc1CCl. The molecule has 1 heterocycles. The summed E-state index contributed by atoms with van der Waals surface area (Å²) in [5.74, 6) is 1.25. The van der Waals surface area contributed by atoms with E-state index >= 15 is 0 Å². The molecule has 1 aliphatic carbocycles. The van der Waals surface area contributed by atoms with E-state index in [0.717, 1.165) is 30.0 Å². The minimum atomic E-state index is 0.326. The summed E-state index contributed by atoms with van der Waals surface area (Å²) in [7, 11) is 0. The Morgan fingerprint density at radius 1 is 1.33 bits per heavy atom. The lowest BCUT2D eigenvalue weighted by Gasteiger charge is -2.34. The first-order valence-corrected chi connectivity index (χ1v) is 7.23. The van der Waals surface area contributed by atoms with Gasteiger partial charge in [-0.05, 0) is 43.6 Å². The van der Waals surface area contributed by atoms with Crippen LogP contribution in [0.1, 0.15) is 50.8 Å². The second kappa shape index (κ2) is 5.48. The van der Waals surface area contributed by atoms with Crippen molar-refractivity contribution in [2.24, 2.45) is 5.41 Å². The molecule has 0 spiro atoms. The van der Waals surface area contributed by atoms with Crippen LogP contribution in [0, 0.1) is 12.3 Å². The molecule has 0 aliphatic heterocycles. The van der Waals surface area contributed by atoms with Crippen LogP contribution in [-0.2, 0) is 5.88 Å². The zero-order valence-electron chi connectivity index (χ0n) is 11.5. The Balaban J connectivity index is 1.96. The van der Waals surface area contributed by atoms with Crippen LogP contribution in [0.5, 0.6) is 5.88 Å². The number of aryl methyl sites for hydroxylation is 1. The standard InChI is InChI=1S/C15H22ClNO/c1-11-12(10-16)4-5-14(17-11)18-13-6-8-15(2,3)9-7-13/h4-5,13H,6-10H2,1-3H3. The maximum Gasteiger partial charge on any atom is 0.213 e. The Morgan fingerprint density at radius 3 is 2.56 bits per heavy atom. The van der Waals surface area contributed by atoms with Crippen LogP contribution in [0.2, 0.25) is 0 Å². The number of ether oxygens (including phenoxy) is 1. The minimum Gasteiger partial charge on any atom is -0.474 e. The fourth-order valence-electron chi connectivity index (χ4n) is 2.44. The van der Waals surface area contributed by atoms with Crippen molar-refractivity contribution in [3.63, 3.8) is 0 Å². The zero-order chi connectivity index (χ0) is 13.2. The highest BCUT2D eigenvalue weighted by atomic mass is 35.5. The molecule has 2 nitrogen and oxygen atoms in total. The molecule has 3 heteroatoms. The minimum absolute atomic E-state index is 0.326. The first-order chi connectivity index (χ1) is 8.50. The summed E-state index contributed by atoms with van der Waals surface area (Å²) in [6.45, 7) is 6.65. The summed E-state index contributed by atoms with van der Waals surface area (Å²) in [6, 6.07) is 3.95. The van der Waals surface area contributed by atoms with Crippen molar-refractivity contribution in [2.45, 2.75) is 58.4 Å². The molecule has 1 aromatic rings. The molecule has 0 atom stereocenters. The van der Waals surface area contributed by atoms with Crippen molar-refractivity contribution in [1.29, 1.82) is 0 Å². The number of hydrogen-bond acceptors (Lipinski definition) is 2. The largest absolute Gasteiger partial charge is 0.474 e. The Labute approximate surface area is 115 Å². The lowest BCUT2D eigenvalue weighted by atomic mass is 9.76. The Bertz CT molecular complexity index is 407. The Kier molecular flexibility index (Phi) is 4.16. The van der Waals surface area contributed by atoms with Gasteiger partial charge in [0.25, 0.3) is 0 Å². The third-order valence-electron chi connectivity index (χ3n) is 3.89. The molecule has 0 bridgehead atoms. The van der Waals surface area contributed by atoms with Gasteiger partial charge in [-0.15, -0.1) is 11.6 Å². The molecule has 1 fully saturated rings. The van der Waals surface area contributed by atoms with Crippen molar-refractivity contribution in [1.82, 2.24) is 4.98 Å². The molecule has 0 saturated heterocycles. The predicted molar refractivity (Wildman–Crippen MR) is 75.2 cm³/mol. The Morgan fingerprint density at radius 2 is 2.00 bits per heavy atom. The maximum absolute atomic E-state index is 5.97. The highest BCUT2D eigenvalue weighted by Gasteiger charge is 2.27. The van der Waals surface area contributed by atoms with Crippen LogP contribution < -0.4 is 4.74 Å². The van der Waals surface area contributed by atoms with Gasteiger partial charge in [0.15, 0.2) is 0 Å². The summed E-state index contributed by atoms with van der Waals surface area (Å²) in [5, 5.41) is 0. The summed E-state index contributed by atoms with van der Waals surface area (Å²) in [4.78, 5) is 4.47. The maximum atomic E-state index is 5.97. The fraction of sp³-hybridized carbons (Fsp3) is 0.667. The predicted octanol–water partition coefficient (Wildman–Crippen LogP) is 4.48. The van der Waals surface area contributed by atoms with E-state index in [1.165, 1.54) is 12.8 Å². The third-order valence-corrected chi connectivity index (χ3v) is 4.18. The fourth-order valence-corrected chi connectivity index (χ4v) is 2.72. The smallest absolute Gasteiger partial charge is 0.213 e. The van der Waals surface area contributed by atoms with Crippen LogP contribution >= 0.6 is 11.6 Å². The van der Waals surface area contributed by atoms with E-state index in [2.05, 4.69) is 18.8 Å². The molecule has 1 aromatic heterocycles. The average Bonchev–Trinajstić information content (AvgIpc) is 2.32. The number of hydrogen-bond donors (Lipinski definition) is 0. The van der Waals surface area contributed by atoms with Crippen molar-refractivity contribution in [3.8, 4) is 5.88 Å². The highest BCUT2D eigenvalue weighted by Crippen LogP contribution is 2.36. The van der Waals surface area contributed by atoms with Crippen LogP contribution in [-0.4, -0.2) is 11.1 Å². The van der Waals surface area contributed by atoms with E-state index in [4.69, 9.17) is 16.3 Å². The summed E-state index contributed by atoms with van der Waals surface area (Å²) >= 11 is 5.83. The molecule has 0 aromatic carbocycles. The number of halogens is 1. The second-order valence-electron chi connectivity index (χ2n) is 6.01. The van der Waals surface area contributed by atoms with E-state index in [9.17, 15) is 0 Å². The van der Waals surface area contributed by atoms with E-state index in [1.807, 2.05) is 19.1 Å². The first kappa shape index (κ1) is 13.7. The van der Waals surface area contributed by atoms with Gasteiger partial charge in [-0.3, -0.25) is 0 Å². The molecule has 1 saturated carbocycles. The van der Waals surface area contributed by atoms with Gasteiger partial charge in [-0.1, -0.05) is 19.9 Å². The van der Waals surface area contributed by atoms with Crippen LogP contribution in [0.25, 0.3) is 0 Å². The average molecular weight is 268 g/mol. The van der Waals surface area contributed by atoms with E-state index < -0.39 is 0 Å². The van der Waals surface area contributed by atoms with E-state index in [-0.39, 0.29) is 0 Å². The van der Waals surface area contributed by atoms with Crippen molar-refractivity contribution in [3.05, 3.63) is 23.4 Å². The van der Waals surface area contributed by atoms with E-state index in [0.29, 0.717) is 17.4 Å². The zero-order valence-corrected chi connectivity index (χ0v) is 12.3. The molecule has 0 unspecified atom stereocenters. The van der Waals surface area contributed by atoms with Crippen LogP contribution in [0.4, 0.5) is 0 Å². The van der Waals surface area contributed by atoms with Crippen molar-refractivity contribution in [2.75, 3.05) is 0 Å². The third kappa shape index (κ3) is 3.38. The van der Waals surface area contributed by atoms with Crippen LogP contribution in [0.3, 0.4) is 0 Å². The van der Waals surface area contributed by atoms with E-state index in [1.54, 1.807) is 0 Å². The van der Waals surface area contributed by atoms with Gasteiger partial charge in [0, 0.05) is 17.6 Å². The quantitative estimate of drug-likeness (QED) is 0.754. The molecule has 2 rings (SSSR count). The first-order valence-electron chi connectivity index (χ1n) is 6.69. The van der Waals surface area contributed by atoms with Gasteiger partial charge < -0.3 is 4.74 Å². The van der Waals surface area contributed by atoms with Crippen LogP contribution in [0.15, 0.2) is 12.1 Å². The summed E-state index contributed by atoms with van der Waals surface area (Å²) in [5.41, 5.74) is 2.53. The van der Waals surface area contributed by atoms with Gasteiger partial charge in [-0.25, -0.2) is 4.98 Å². The normalized spacial score (nSPS) is 19.8. The molecule has 0 amide bonds. The van der Waals surface area contributed by atoms with Crippen molar-refractivity contribution >= 4 is 11.6 Å². The van der Waals surface area contributed by atoms with Gasteiger partial charge in [0.05, 0.1) is 0 Å². The van der Waals surface area contributed by atoms with Gasteiger partial charge in [0.1, 0.15) is 6.10 Å². The number of nitrogens with zero attached hydrogens (tertiary/aromatic N) is 1. The number of aromatic nitrogens is 1. The molecular weight excluding hydrogens is 246 g/mol. The highest BCUT2D eigenvalue weighted by molar-refractivity contribution is 6.17. The summed E-state index contributed by atoms with van der Waals surface area (Å²) < 4.78 is 5.97. The number of rotatable bonds is 3. The molecular formula is C15H22ClNO. The summed E-state index contributed by atoms with van der Waals surface area (Å²) in [6.07, 6.45) is 5.05. The van der Waals surface area contributed by atoms with Gasteiger partial charge >= 0.3 is 0 Å². The topological polar surface area (TPSA) is 22.1 Å². The monoisotopic (exact) mass is 267 g/mol. The van der Waals surface area contributed by atoms with Gasteiger partial charge in [-0.2, -0.15) is 0 Å². The lowest BCUT2D eigenvalue weighted by Crippen LogP contribution is -2.28. The molecule has 0 N–H and O–H groups in total. The molecule has 1 aliphatic rings. The lowest BCUT2D eigenvalue weighted by molar-refractivity contribution is 0.0947. The molecule has 18 heavy (non-hydrogen) atoms.